The van der Waals surface area contributed by atoms with E-state index < -0.39 is 11.9 Å². The summed E-state index contributed by atoms with van der Waals surface area (Å²) in [4.78, 5) is 25.6. The number of carbonyl (C=O) groups excluding carboxylic acids is 1. The van der Waals surface area contributed by atoms with E-state index in [2.05, 4.69) is 10.3 Å². The van der Waals surface area contributed by atoms with Crippen LogP contribution in [-0.2, 0) is 9.59 Å². The Morgan fingerprint density at radius 2 is 2.18 bits per heavy atom. The highest BCUT2D eigenvalue weighted by Crippen LogP contribution is 2.21. The van der Waals surface area contributed by atoms with Crippen LogP contribution in [-0.4, -0.2) is 22.0 Å². The normalized spacial score (nSPS) is 10.8. The van der Waals surface area contributed by atoms with Crippen molar-refractivity contribution in [3.63, 3.8) is 0 Å². The van der Waals surface area contributed by atoms with Gasteiger partial charge in [0, 0.05) is 17.8 Å². The van der Waals surface area contributed by atoms with Crippen molar-refractivity contribution in [2.45, 2.75) is 0 Å². The lowest BCUT2D eigenvalue weighted by atomic mass is 10.3. The molecule has 0 atom stereocenters. The Morgan fingerprint density at radius 3 is 2.94 bits per heavy atom. The molecule has 17 heavy (non-hydrogen) atoms. The second-order valence-electron chi connectivity index (χ2n) is 3.20. The molecule has 1 amide bonds. The number of anilines is 1. The molecular formula is C11H8N2O3S. The Balaban J connectivity index is 2.12. The number of carboxylic acids is 1. The highest BCUT2D eigenvalue weighted by atomic mass is 32.1. The third kappa shape index (κ3) is 2.88. The van der Waals surface area contributed by atoms with Gasteiger partial charge in [0.05, 0.1) is 15.7 Å². The molecular weight excluding hydrogens is 240 g/mol. The number of carbonyl (C=O) groups is 2. The van der Waals surface area contributed by atoms with Gasteiger partial charge in [0.25, 0.3) is 0 Å². The molecule has 0 saturated heterocycles. The third-order valence-corrected chi connectivity index (χ3v) is 2.79. The highest BCUT2D eigenvalue weighted by molar-refractivity contribution is 7.16. The van der Waals surface area contributed by atoms with Crippen LogP contribution in [0.1, 0.15) is 0 Å². The van der Waals surface area contributed by atoms with E-state index in [1.165, 1.54) is 11.3 Å². The van der Waals surface area contributed by atoms with Crippen LogP contribution in [0.25, 0.3) is 10.2 Å². The summed E-state index contributed by atoms with van der Waals surface area (Å²) < 4.78 is 1.03. The molecule has 1 aromatic heterocycles. The summed E-state index contributed by atoms with van der Waals surface area (Å²) in [6.07, 6.45) is 1.75. The summed E-state index contributed by atoms with van der Waals surface area (Å²) in [6, 6.07) is 5.33. The third-order valence-electron chi connectivity index (χ3n) is 1.98. The van der Waals surface area contributed by atoms with Gasteiger partial charge in [-0.15, -0.1) is 11.3 Å². The summed E-state index contributed by atoms with van der Waals surface area (Å²) in [5.74, 6) is -1.64. The van der Waals surface area contributed by atoms with E-state index in [0.717, 1.165) is 22.4 Å². The number of rotatable bonds is 3. The predicted molar refractivity (Wildman–Crippen MR) is 65.0 cm³/mol. The monoisotopic (exact) mass is 248 g/mol. The molecule has 6 heteroatoms. The van der Waals surface area contributed by atoms with Crippen LogP contribution in [0, 0.1) is 0 Å². The molecule has 2 aromatic rings. The van der Waals surface area contributed by atoms with Crippen LogP contribution in [0.2, 0.25) is 0 Å². The fourth-order valence-electron chi connectivity index (χ4n) is 1.27. The van der Waals surface area contributed by atoms with Crippen LogP contribution < -0.4 is 5.32 Å². The maximum Gasteiger partial charge on any atom is 0.328 e. The highest BCUT2D eigenvalue weighted by Gasteiger charge is 2.01. The molecule has 0 aliphatic carbocycles. The molecule has 0 spiro atoms. The summed E-state index contributed by atoms with van der Waals surface area (Å²) in [5, 5.41) is 10.9. The zero-order chi connectivity index (χ0) is 12.3. The fraction of sp³-hybridized carbons (Fsp3) is 0. The average molecular weight is 248 g/mol. The molecule has 1 heterocycles. The molecule has 0 radical (unpaired) electrons. The number of thiazole rings is 1. The van der Waals surface area contributed by atoms with Crippen molar-refractivity contribution >= 4 is 39.1 Å². The topological polar surface area (TPSA) is 79.3 Å². The van der Waals surface area contributed by atoms with E-state index in [-0.39, 0.29) is 0 Å². The number of aromatic nitrogens is 1. The number of hydrogen-bond donors (Lipinski definition) is 2. The summed E-state index contributed by atoms with van der Waals surface area (Å²) in [7, 11) is 0. The van der Waals surface area contributed by atoms with Crippen molar-refractivity contribution in [2.75, 3.05) is 5.32 Å². The Kier molecular flexibility index (Phi) is 3.15. The van der Waals surface area contributed by atoms with E-state index in [0.29, 0.717) is 5.69 Å². The predicted octanol–water partition coefficient (Wildman–Crippen LogP) is 1.88. The number of fused-ring (bicyclic) bond motifs is 1. The minimum absolute atomic E-state index is 0.484. The molecule has 0 saturated carbocycles. The molecule has 0 bridgehead atoms. The van der Waals surface area contributed by atoms with E-state index in [1.54, 1.807) is 17.6 Å². The summed E-state index contributed by atoms with van der Waals surface area (Å²) in [5.41, 5.74) is 3.11. The van der Waals surface area contributed by atoms with Gasteiger partial charge in [-0.1, -0.05) is 0 Å². The molecule has 2 rings (SSSR count). The molecule has 5 nitrogen and oxygen atoms in total. The van der Waals surface area contributed by atoms with Crippen molar-refractivity contribution in [3.8, 4) is 0 Å². The van der Waals surface area contributed by atoms with Crippen molar-refractivity contribution in [2.24, 2.45) is 0 Å². The number of carboxylic acid groups (broad SMARTS) is 1. The second kappa shape index (κ2) is 4.75. The van der Waals surface area contributed by atoms with Crippen molar-refractivity contribution in [3.05, 3.63) is 35.9 Å². The minimum atomic E-state index is -1.16. The van der Waals surface area contributed by atoms with Gasteiger partial charge < -0.3 is 10.4 Å². The van der Waals surface area contributed by atoms with Crippen LogP contribution >= 0.6 is 11.3 Å². The SMILES string of the molecule is O=C(O)C=CC(=O)Nc1ccc2scnc2c1. The van der Waals surface area contributed by atoms with Gasteiger partial charge in [-0.05, 0) is 18.2 Å². The number of hydrogen-bond acceptors (Lipinski definition) is 4. The van der Waals surface area contributed by atoms with Crippen LogP contribution in [0.5, 0.6) is 0 Å². The lowest BCUT2D eigenvalue weighted by Crippen LogP contribution is -2.08. The van der Waals surface area contributed by atoms with Gasteiger partial charge in [0.2, 0.25) is 5.91 Å². The van der Waals surface area contributed by atoms with Crippen LogP contribution in [0.3, 0.4) is 0 Å². The first-order valence-electron chi connectivity index (χ1n) is 4.70. The molecule has 0 fully saturated rings. The van der Waals surface area contributed by atoms with Gasteiger partial charge in [0.1, 0.15) is 0 Å². The second-order valence-corrected chi connectivity index (χ2v) is 4.08. The van der Waals surface area contributed by atoms with Gasteiger partial charge in [-0.3, -0.25) is 4.79 Å². The van der Waals surface area contributed by atoms with Gasteiger partial charge in [-0.2, -0.15) is 0 Å². The van der Waals surface area contributed by atoms with Crippen LogP contribution in [0.15, 0.2) is 35.9 Å². The summed E-state index contributed by atoms with van der Waals surface area (Å²) in [6.45, 7) is 0. The first kappa shape index (κ1) is 11.3. The molecule has 2 N–H and O–H groups in total. The maximum absolute atomic E-state index is 11.3. The quantitative estimate of drug-likeness (QED) is 0.813. The number of amides is 1. The number of benzene rings is 1. The zero-order valence-electron chi connectivity index (χ0n) is 8.58. The van der Waals surface area contributed by atoms with Crippen molar-refractivity contribution in [1.82, 2.24) is 4.98 Å². The Labute approximate surface area is 100 Å². The molecule has 0 aliphatic rings. The van der Waals surface area contributed by atoms with Gasteiger partial charge in [0.15, 0.2) is 0 Å². The Bertz CT molecular complexity index is 604. The fourth-order valence-corrected chi connectivity index (χ4v) is 1.93. The molecule has 1 aromatic carbocycles. The number of aliphatic carboxylic acids is 1. The standard InChI is InChI=1S/C11H8N2O3S/c14-10(3-4-11(15)16)13-7-1-2-9-8(5-7)12-6-17-9/h1-6H,(H,13,14)(H,15,16). The van der Waals surface area contributed by atoms with E-state index in [1.807, 2.05) is 6.07 Å². The van der Waals surface area contributed by atoms with Gasteiger partial charge in [-0.25, -0.2) is 9.78 Å². The van der Waals surface area contributed by atoms with Crippen molar-refractivity contribution in [1.29, 1.82) is 0 Å². The number of nitrogens with zero attached hydrogens (tertiary/aromatic N) is 1. The average Bonchev–Trinajstić information content (AvgIpc) is 2.73. The first-order valence-corrected chi connectivity index (χ1v) is 5.58. The van der Waals surface area contributed by atoms with Crippen LogP contribution in [0.4, 0.5) is 5.69 Å². The number of nitrogens with one attached hydrogen (secondary N) is 1. The smallest absolute Gasteiger partial charge is 0.328 e. The Morgan fingerprint density at radius 1 is 1.35 bits per heavy atom. The largest absolute Gasteiger partial charge is 0.478 e. The lowest BCUT2D eigenvalue weighted by Gasteiger charge is -2.00. The van der Waals surface area contributed by atoms with E-state index >= 15 is 0 Å². The van der Waals surface area contributed by atoms with E-state index in [4.69, 9.17) is 5.11 Å². The van der Waals surface area contributed by atoms with Gasteiger partial charge >= 0.3 is 5.97 Å². The lowest BCUT2D eigenvalue weighted by molar-refractivity contribution is -0.131. The molecule has 0 aliphatic heterocycles. The van der Waals surface area contributed by atoms with Crippen molar-refractivity contribution < 1.29 is 14.7 Å². The maximum atomic E-state index is 11.3. The zero-order valence-corrected chi connectivity index (χ0v) is 9.40. The molecule has 86 valence electrons. The van der Waals surface area contributed by atoms with E-state index in [9.17, 15) is 9.59 Å². The minimum Gasteiger partial charge on any atom is -0.478 e. The summed E-state index contributed by atoms with van der Waals surface area (Å²) >= 11 is 1.51. The molecule has 0 unspecified atom stereocenters. The first-order chi connectivity index (χ1) is 8.15. The Hall–Kier alpha value is -2.21.